The van der Waals surface area contributed by atoms with Crippen molar-refractivity contribution in [3.05, 3.63) is 0 Å². The van der Waals surface area contributed by atoms with E-state index in [9.17, 15) is 4.79 Å². The SMILES string of the molecule is CC(C)OCC(=O)C1CCCCC1(C)C. The number of ether oxygens (including phenoxy) is 1. The van der Waals surface area contributed by atoms with Crippen LogP contribution in [0.4, 0.5) is 0 Å². The van der Waals surface area contributed by atoms with Gasteiger partial charge in [-0.05, 0) is 32.1 Å². The van der Waals surface area contributed by atoms with E-state index in [4.69, 9.17) is 4.74 Å². The summed E-state index contributed by atoms with van der Waals surface area (Å²) in [6, 6.07) is 0. The summed E-state index contributed by atoms with van der Waals surface area (Å²) in [6.07, 6.45) is 4.84. The highest BCUT2D eigenvalue weighted by Crippen LogP contribution is 2.40. The second kappa shape index (κ2) is 5.11. The van der Waals surface area contributed by atoms with Gasteiger partial charge in [0.15, 0.2) is 5.78 Å². The Morgan fingerprint density at radius 3 is 2.60 bits per heavy atom. The maximum Gasteiger partial charge on any atom is 0.162 e. The summed E-state index contributed by atoms with van der Waals surface area (Å²) in [5, 5.41) is 0. The van der Waals surface area contributed by atoms with Gasteiger partial charge in [0.2, 0.25) is 0 Å². The zero-order chi connectivity index (χ0) is 11.5. The van der Waals surface area contributed by atoms with Crippen LogP contribution in [0.3, 0.4) is 0 Å². The van der Waals surface area contributed by atoms with E-state index in [-0.39, 0.29) is 17.4 Å². The summed E-state index contributed by atoms with van der Waals surface area (Å²) in [5.41, 5.74) is 0.176. The molecule has 1 saturated carbocycles. The molecule has 0 heterocycles. The molecule has 1 rings (SSSR count). The van der Waals surface area contributed by atoms with Gasteiger partial charge in [0.05, 0.1) is 6.10 Å². The first-order valence-electron chi connectivity index (χ1n) is 6.08. The average molecular weight is 212 g/mol. The van der Waals surface area contributed by atoms with Crippen LogP contribution in [-0.2, 0) is 9.53 Å². The molecule has 1 aliphatic rings. The Balaban J connectivity index is 2.49. The highest BCUT2D eigenvalue weighted by molar-refractivity contribution is 5.83. The van der Waals surface area contributed by atoms with E-state index < -0.39 is 0 Å². The number of Topliss-reactive ketones (excluding diaryl/α,β-unsaturated/α-hetero) is 1. The lowest BCUT2D eigenvalue weighted by atomic mass is 9.67. The molecule has 0 saturated heterocycles. The van der Waals surface area contributed by atoms with Crippen molar-refractivity contribution < 1.29 is 9.53 Å². The Labute approximate surface area is 93.4 Å². The van der Waals surface area contributed by atoms with Gasteiger partial charge in [-0.1, -0.05) is 26.7 Å². The van der Waals surface area contributed by atoms with Gasteiger partial charge in [0.1, 0.15) is 6.61 Å². The largest absolute Gasteiger partial charge is 0.371 e. The van der Waals surface area contributed by atoms with Crippen LogP contribution in [0.15, 0.2) is 0 Å². The van der Waals surface area contributed by atoms with Gasteiger partial charge in [-0.25, -0.2) is 0 Å². The topological polar surface area (TPSA) is 26.3 Å². The van der Waals surface area contributed by atoms with Crippen LogP contribution in [0.5, 0.6) is 0 Å². The molecule has 88 valence electrons. The van der Waals surface area contributed by atoms with E-state index in [1.54, 1.807) is 0 Å². The summed E-state index contributed by atoms with van der Waals surface area (Å²) in [4.78, 5) is 12.0. The average Bonchev–Trinajstić information content (AvgIpc) is 2.13. The van der Waals surface area contributed by atoms with Crippen LogP contribution in [0, 0.1) is 11.3 Å². The third-order valence-electron chi connectivity index (χ3n) is 3.45. The second-order valence-corrected chi connectivity index (χ2v) is 5.61. The summed E-state index contributed by atoms with van der Waals surface area (Å²) in [5.74, 6) is 0.512. The third-order valence-corrected chi connectivity index (χ3v) is 3.45. The third kappa shape index (κ3) is 3.60. The minimum absolute atomic E-state index is 0.153. The molecule has 2 heteroatoms. The molecule has 0 bridgehead atoms. The lowest BCUT2D eigenvalue weighted by Gasteiger charge is -2.37. The number of ketones is 1. The van der Waals surface area contributed by atoms with Crippen molar-refractivity contribution in [1.29, 1.82) is 0 Å². The Bertz CT molecular complexity index is 219. The van der Waals surface area contributed by atoms with Gasteiger partial charge in [0, 0.05) is 5.92 Å². The lowest BCUT2D eigenvalue weighted by molar-refractivity contribution is -0.134. The zero-order valence-corrected chi connectivity index (χ0v) is 10.5. The molecule has 1 unspecified atom stereocenters. The fraction of sp³-hybridized carbons (Fsp3) is 0.923. The van der Waals surface area contributed by atoms with E-state index in [2.05, 4.69) is 13.8 Å². The number of carbonyl (C=O) groups excluding carboxylic acids is 1. The molecule has 1 fully saturated rings. The van der Waals surface area contributed by atoms with Gasteiger partial charge in [-0.3, -0.25) is 4.79 Å². The van der Waals surface area contributed by atoms with E-state index >= 15 is 0 Å². The molecule has 0 radical (unpaired) electrons. The van der Waals surface area contributed by atoms with Crippen molar-refractivity contribution in [3.63, 3.8) is 0 Å². The Morgan fingerprint density at radius 2 is 2.07 bits per heavy atom. The maximum absolute atomic E-state index is 12.0. The van der Waals surface area contributed by atoms with Crippen LogP contribution >= 0.6 is 0 Å². The highest BCUT2D eigenvalue weighted by atomic mass is 16.5. The molecule has 0 aromatic heterocycles. The Hall–Kier alpha value is -0.370. The van der Waals surface area contributed by atoms with E-state index in [1.807, 2.05) is 13.8 Å². The predicted molar refractivity (Wildman–Crippen MR) is 61.8 cm³/mol. The summed E-state index contributed by atoms with van der Waals surface area (Å²) >= 11 is 0. The Morgan fingerprint density at radius 1 is 1.40 bits per heavy atom. The van der Waals surface area contributed by atoms with Crippen LogP contribution < -0.4 is 0 Å². The van der Waals surface area contributed by atoms with Gasteiger partial charge in [0.25, 0.3) is 0 Å². The Kier molecular flexibility index (Phi) is 4.32. The molecule has 2 nitrogen and oxygen atoms in total. The smallest absolute Gasteiger partial charge is 0.162 e. The highest BCUT2D eigenvalue weighted by Gasteiger charge is 2.36. The van der Waals surface area contributed by atoms with Crippen LogP contribution in [0.2, 0.25) is 0 Å². The first kappa shape index (κ1) is 12.7. The zero-order valence-electron chi connectivity index (χ0n) is 10.5. The van der Waals surface area contributed by atoms with Crippen LogP contribution in [0.25, 0.3) is 0 Å². The number of carbonyl (C=O) groups is 1. The standard InChI is InChI=1S/C13H24O2/c1-10(2)15-9-12(14)11-7-5-6-8-13(11,3)4/h10-11H,5-9H2,1-4H3. The van der Waals surface area contributed by atoms with Crippen molar-refractivity contribution in [2.75, 3.05) is 6.61 Å². The molecular formula is C13H24O2. The van der Waals surface area contributed by atoms with Crippen LogP contribution in [0.1, 0.15) is 53.4 Å². The summed E-state index contributed by atoms with van der Waals surface area (Å²) < 4.78 is 5.40. The monoisotopic (exact) mass is 212 g/mol. The van der Waals surface area contributed by atoms with Gasteiger partial charge >= 0.3 is 0 Å². The van der Waals surface area contributed by atoms with Crippen molar-refractivity contribution in [3.8, 4) is 0 Å². The van der Waals surface area contributed by atoms with Crippen molar-refractivity contribution in [1.82, 2.24) is 0 Å². The molecule has 0 aromatic rings. The molecule has 1 atom stereocenters. The molecule has 1 aliphatic carbocycles. The molecular weight excluding hydrogens is 188 g/mol. The second-order valence-electron chi connectivity index (χ2n) is 5.61. The van der Waals surface area contributed by atoms with Gasteiger partial charge in [-0.2, -0.15) is 0 Å². The minimum atomic E-state index is 0.153. The predicted octanol–water partition coefficient (Wildman–Crippen LogP) is 3.20. The fourth-order valence-corrected chi connectivity index (χ4v) is 2.44. The van der Waals surface area contributed by atoms with Crippen molar-refractivity contribution in [2.24, 2.45) is 11.3 Å². The van der Waals surface area contributed by atoms with Crippen LogP contribution in [-0.4, -0.2) is 18.5 Å². The van der Waals surface area contributed by atoms with Gasteiger partial charge in [-0.15, -0.1) is 0 Å². The van der Waals surface area contributed by atoms with E-state index in [0.717, 1.165) is 6.42 Å². The maximum atomic E-state index is 12.0. The first-order valence-corrected chi connectivity index (χ1v) is 6.08. The molecule has 0 aliphatic heterocycles. The molecule has 0 amide bonds. The molecule has 0 aromatic carbocycles. The number of hydrogen-bond acceptors (Lipinski definition) is 2. The van der Waals surface area contributed by atoms with E-state index in [0.29, 0.717) is 12.4 Å². The number of hydrogen-bond donors (Lipinski definition) is 0. The minimum Gasteiger partial charge on any atom is -0.371 e. The lowest BCUT2D eigenvalue weighted by Crippen LogP contribution is -2.36. The fourth-order valence-electron chi connectivity index (χ4n) is 2.44. The molecule has 0 N–H and O–H groups in total. The quantitative estimate of drug-likeness (QED) is 0.715. The van der Waals surface area contributed by atoms with E-state index in [1.165, 1.54) is 19.3 Å². The summed E-state index contributed by atoms with van der Waals surface area (Å²) in [7, 11) is 0. The molecule has 15 heavy (non-hydrogen) atoms. The van der Waals surface area contributed by atoms with Crippen molar-refractivity contribution in [2.45, 2.75) is 59.5 Å². The van der Waals surface area contributed by atoms with Gasteiger partial charge < -0.3 is 4.74 Å². The summed E-state index contributed by atoms with van der Waals surface area (Å²) in [6.45, 7) is 8.67. The first-order chi connectivity index (χ1) is 6.93. The number of rotatable bonds is 4. The molecule has 0 spiro atoms. The van der Waals surface area contributed by atoms with Crippen molar-refractivity contribution >= 4 is 5.78 Å². The normalized spacial score (nSPS) is 25.5.